The first-order valence-corrected chi connectivity index (χ1v) is 8.60. The molecule has 2 aliphatic heterocycles. The molecule has 2 aliphatic rings. The van der Waals surface area contributed by atoms with Crippen molar-refractivity contribution < 1.29 is 19.1 Å². The van der Waals surface area contributed by atoms with Gasteiger partial charge in [-0.05, 0) is 5.56 Å². The number of ether oxygens (including phenoxy) is 2. The van der Waals surface area contributed by atoms with Crippen LogP contribution in [0.5, 0.6) is 0 Å². The molecule has 0 N–H and O–H groups in total. The molecule has 26 heavy (non-hydrogen) atoms. The van der Waals surface area contributed by atoms with E-state index in [0.717, 1.165) is 5.56 Å². The average molecular weight is 356 g/mol. The maximum atomic E-state index is 12.2. The van der Waals surface area contributed by atoms with Crippen molar-refractivity contribution in [3.05, 3.63) is 47.8 Å². The molecular formula is C18H20N4O4. The Kier molecular flexibility index (Phi) is 4.52. The molecule has 0 unspecified atom stereocenters. The number of Topliss-reactive ketones (excluding diaryl/α,β-unsaturated/α-hetero) is 1. The molecule has 8 nitrogen and oxygen atoms in total. The second kappa shape index (κ2) is 6.97. The number of nitrogens with zero attached hydrogens (tertiary/aromatic N) is 4. The Morgan fingerprint density at radius 1 is 1.35 bits per heavy atom. The molecule has 2 fully saturated rings. The van der Waals surface area contributed by atoms with Gasteiger partial charge in [0.2, 0.25) is 12.2 Å². The lowest BCUT2D eigenvalue weighted by Crippen LogP contribution is -2.51. The fourth-order valence-electron chi connectivity index (χ4n) is 3.43. The van der Waals surface area contributed by atoms with Crippen molar-refractivity contribution in [3.8, 4) is 0 Å². The van der Waals surface area contributed by atoms with Gasteiger partial charge in [-0.3, -0.25) is 9.59 Å². The SMILES string of the molecule is CC(=O)N(Cc1cn(Cc2ccccc2)nn1)[C@H]1CC(=O)[C@@H]2OC[C@H]1O2. The summed E-state index contributed by atoms with van der Waals surface area (Å²) in [7, 11) is 0. The Morgan fingerprint density at radius 3 is 2.92 bits per heavy atom. The summed E-state index contributed by atoms with van der Waals surface area (Å²) in [6.45, 7) is 2.70. The highest BCUT2D eigenvalue weighted by atomic mass is 16.7. The molecule has 3 atom stereocenters. The van der Waals surface area contributed by atoms with E-state index in [1.807, 2.05) is 36.5 Å². The van der Waals surface area contributed by atoms with Crippen molar-refractivity contribution in [2.75, 3.05) is 6.61 Å². The minimum absolute atomic E-state index is 0.122. The highest BCUT2D eigenvalue weighted by Crippen LogP contribution is 2.29. The Hall–Kier alpha value is -2.58. The van der Waals surface area contributed by atoms with Gasteiger partial charge < -0.3 is 14.4 Å². The second-order valence-electron chi connectivity index (χ2n) is 6.62. The minimum Gasteiger partial charge on any atom is -0.343 e. The minimum atomic E-state index is -0.767. The lowest BCUT2D eigenvalue weighted by atomic mass is 10.0. The van der Waals surface area contributed by atoms with Crippen LogP contribution in [0.1, 0.15) is 24.6 Å². The van der Waals surface area contributed by atoms with Crippen LogP contribution < -0.4 is 0 Å². The number of carbonyl (C=O) groups is 2. The zero-order chi connectivity index (χ0) is 18.1. The third-order valence-corrected chi connectivity index (χ3v) is 4.72. The van der Waals surface area contributed by atoms with Crippen LogP contribution in [0.15, 0.2) is 36.5 Å². The number of aromatic nitrogens is 3. The first-order valence-electron chi connectivity index (χ1n) is 8.60. The Labute approximate surface area is 150 Å². The molecule has 0 spiro atoms. The van der Waals surface area contributed by atoms with E-state index in [4.69, 9.17) is 9.47 Å². The summed E-state index contributed by atoms with van der Waals surface area (Å²) in [5, 5.41) is 8.31. The van der Waals surface area contributed by atoms with Crippen molar-refractivity contribution >= 4 is 11.7 Å². The van der Waals surface area contributed by atoms with E-state index in [-0.39, 0.29) is 36.8 Å². The van der Waals surface area contributed by atoms with Gasteiger partial charge in [-0.2, -0.15) is 0 Å². The number of hydrogen-bond acceptors (Lipinski definition) is 6. The third-order valence-electron chi connectivity index (χ3n) is 4.72. The number of fused-ring (bicyclic) bond motifs is 2. The smallest absolute Gasteiger partial charge is 0.220 e. The van der Waals surface area contributed by atoms with Gasteiger partial charge in [0.15, 0.2) is 5.78 Å². The highest BCUT2D eigenvalue weighted by molar-refractivity contribution is 5.84. The molecular weight excluding hydrogens is 336 g/mol. The van der Waals surface area contributed by atoms with Crippen LogP contribution in [0.4, 0.5) is 0 Å². The molecule has 4 rings (SSSR count). The zero-order valence-corrected chi connectivity index (χ0v) is 14.4. The summed E-state index contributed by atoms with van der Waals surface area (Å²) in [6, 6.07) is 9.61. The van der Waals surface area contributed by atoms with E-state index in [0.29, 0.717) is 18.8 Å². The Bertz CT molecular complexity index is 807. The highest BCUT2D eigenvalue weighted by Gasteiger charge is 2.46. The summed E-state index contributed by atoms with van der Waals surface area (Å²) in [5.41, 5.74) is 1.79. The fourth-order valence-corrected chi connectivity index (χ4v) is 3.43. The largest absolute Gasteiger partial charge is 0.343 e. The van der Waals surface area contributed by atoms with Crippen molar-refractivity contribution in [1.29, 1.82) is 0 Å². The Balaban J connectivity index is 1.47. The molecule has 3 heterocycles. The van der Waals surface area contributed by atoms with Gasteiger partial charge in [0.1, 0.15) is 11.8 Å². The number of hydrogen-bond donors (Lipinski definition) is 0. The molecule has 1 aromatic heterocycles. The van der Waals surface area contributed by atoms with Crippen LogP contribution >= 0.6 is 0 Å². The van der Waals surface area contributed by atoms with Crippen LogP contribution in [0.2, 0.25) is 0 Å². The average Bonchev–Trinajstić information content (AvgIpc) is 3.25. The maximum absolute atomic E-state index is 12.2. The van der Waals surface area contributed by atoms with E-state index in [1.165, 1.54) is 6.92 Å². The maximum Gasteiger partial charge on any atom is 0.220 e. The fraction of sp³-hybridized carbons (Fsp3) is 0.444. The molecule has 1 aromatic carbocycles. The summed E-state index contributed by atoms with van der Waals surface area (Å²) in [5.74, 6) is -0.253. The predicted molar refractivity (Wildman–Crippen MR) is 89.8 cm³/mol. The number of carbonyl (C=O) groups excluding carboxylic acids is 2. The van der Waals surface area contributed by atoms with Gasteiger partial charge in [0, 0.05) is 13.3 Å². The van der Waals surface area contributed by atoms with Crippen LogP contribution in [0, 0.1) is 0 Å². The van der Waals surface area contributed by atoms with Crippen LogP contribution in [0.3, 0.4) is 0 Å². The zero-order valence-electron chi connectivity index (χ0n) is 14.4. The lowest BCUT2D eigenvalue weighted by Gasteiger charge is -2.35. The van der Waals surface area contributed by atoms with Crippen LogP contribution in [0.25, 0.3) is 0 Å². The summed E-state index contributed by atoms with van der Waals surface area (Å²) < 4.78 is 12.6. The standard InChI is InChI=1S/C18H20N4O4/c1-12(23)22(15-7-16(24)18-25-11-17(15)26-18)10-14-9-21(20-19-14)8-13-5-3-2-4-6-13/h2-6,9,15,17-18H,7-8,10-11H2,1H3/t15-,17+,18+/m0/s1. The van der Waals surface area contributed by atoms with Crippen molar-refractivity contribution in [1.82, 2.24) is 19.9 Å². The van der Waals surface area contributed by atoms with Gasteiger partial charge in [0.25, 0.3) is 0 Å². The van der Waals surface area contributed by atoms with Gasteiger partial charge >= 0.3 is 0 Å². The Morgan fingerprint density at radius 2 is 2.15 bits per heavy atom. The predicted octanol–water partition coefficient (Wildman–Crippen LogP) is 0.758. The summed E-state index contributed by atoms with van der Waals surface area (Å²) in [6.07, 6.45) is 1.02. The molecule has 0 saturated carbocycles. The third kappa shape index (κ3) is 3.38. The van der Waals surface area contributed by atoms with E-state index in [1.54, 1.807) is 9.58 Å². The summed E-state index contributed by atoms with van der Waals surface area (Å²) in [4.78, 5) is 25.8. The van der Waals surface area contributed by atoms with Gasteiger partial charge in [-0.15, -0.1) is 5.10 Å². The number of ketones is 1. The molecule has 136 valence electrons. The number of amides is 1. The molecule has 2 bridgehead atoms. The molecule has 0 radical (unpaired) electrons. The first-order chi connectivity index (χ1) is 12.6. The normalized spacial score (nSPS) is 24.7. The topological polar surface area (TPSA) is 86.6 Å². The van der Waals surface area contributed by atoms with Gasteiger partial charge in [-0.25, -0.2) is 4.68 Å². The van der Waals surface area contributed by atoms with Crippen LogP contribution in [-0.2, 0) is 32.2 Å². The van der Waals surface area contributed by atoms with Gasteiger partial charge in [0.05, 0.1) is 31.9 Å². The van der Waals surface area contributed by atoms with Gasteiger partial charge in [-0.1, -0.05) is 35.5 Å². The molecule has 2 aromatic rings. The molecule has 1 amide bonds. The van der Waals surface area contributed by atoms with E-state index in [2.05, 4.69) is 10.3 Å². The van der Waals surface area contributed by atoms with Crippen molar-refractivity contribution in [2.24, 2.45) is 0 Å². The lowest BCUT2D eigenvalue weighted by molar-refractivity contribution is -0.161. The molecule has 8 heteroatoms. The van der Waals surface area contributed by atoms with E-state index < -0.39 is 6.29 Å². The molecule has 2 saturated heterocycles. The van der Waals surface area contributed by atoms with Crippen molar-refractivity contribution in [3.63, 3.8) is 0 Å². The van der Waals surface area contributed by atoms with Crippen LogP contribution in [-0.4, -0.2) is 56.6 Å². The van der Waals surface area contributed by atoms with E-state index >= 15 is 0 Å². The van der Waals surface area contributed by atoms with E-state index in [9.17, 15) is 9.59 Å². The van der Waals surface area contributed by atoms with Crippen molar-refractivity contribution in [2.45, 2.75) is 44.9 Å². The quantitative estimate of drug-likeness (QED) is 0.786. The monoisotopic (exact) mass is 356 g/mol. The number of rotatable bonds is 5. The second-order valence-corrected chi connectivity index (χ2v) is 6.62. The first kappa shape index (κ1) is 16.9. The number of benzene rings is 1. The molecule has 0 aliphatic carbocycles. The summed E-state index contributed by atoms with van der Waals surface area (Å²) >= 11 is 0.